The zero-order valence-corrected chi connectivity index (χ0v) is 13.4. The van der Waals surface area contributed by atoms with Crippen LogP contribution in [-0.4, -0.2) is 32.1 Å². The first-order chi connectivity index (χ1) is 10.1. The van der Waals surface area contributed by atoms with Crippen molar-refractivity contribution < 1.29 is 4.79 Å². The zero-order valence-electron chi connectivity index (χ0n) is 13.4. The van der Waals surface area contributed by atoms with Crippen LogP contribution in [0.1, 0.15) is 37.3 Å². The van der Waals surface area contributed by atoms with E-state index in [1.54, 1.807) is 0 Å². The van der Waals surface area contributed by atoms with E-state index in [2.05, 4.69) is 42.7 Å². The lowest BCUT2D eigenvalue weighted by atomic mass is 10.1. The van der Waals surface area contributed by atoms with Crippen molar-refractivity contribution in [2.45, 2.75) is 45.7 Å². The summed E-state index contributed by atoms with van der Waals surface area (Å²) in [7, 11) is 1.98. The van der Waals surface area contributed by atoms with E-state index in [-0.39, 0.29) is 5.91 Å². The number of anilines is 1. The molecule has 1 saturated carbocycles. The van der Waals surface area contributed by atoms with Gasteiger partial charge in [0.2, 0.25) is 5.91 Å². The molecular weight excluding hydrogens is 262 g/mol. The summed E-state index contributed by atoms with van der Waals surface area (Å²) >= 11 is 0. The molecule has 1 aliphatic carbocycles. The number of likely N-dealkylation sites (N-methyl/N-ethyl adjacent to an activating group) is 1. The Kier molecular flexibility index (Phi) is 5.62. The second-order valence-corrected chi connectivity index (χ2v) is 5.99. The summed E-state index contributed by atoms with van der Waals surface area (Å²) in [6.45, 7) is 6.20. The number of hydrogen-bond acceptors (Lipinski definition) is 3. The Morgan fingerprint density at radius 2 is 2.14 bits per heavy atom. The molecule has 0 spiro atoms. The molecule has 0 unspecified atom stereocenters. The number of carbonyl (C=O) groups is 1. The maximum absolute atomic E-state index is 11.9. The molecule has 0 atom stereocenters. The molecule has 1 amide bonds. The van der Waals surface area contributed by atoms with Crippen molar-refractivity contribution in [2.75, 3.05) is 25.0 Å². The molecule has 2 rings (SSSR count). The largest absolute Gasteiger partial charge is 0.365 e. The van der Waals surface area contributed by atoms with Gasteiger partial charge in [-0.15, -0.1) is 0 Å². The Balaban J connectivity index is 2.00. The lowest BCUT2D eigenvalue weighted by Crippen LogP contribution is -2.36. The molecule has 0 bridgehead atoms. The number of rotatable bonds is 8. The predicted octanol–water partition coefficient (Wildman–Crippen LogP) is 2.21. The first-order valence-corrected chi connectivity index (χ1v) is 7.91. The minimum atomic E-state index is 0.0843. The van der Waals surface area contributed by atoms with Gasteiger partial charge in [-0.25, -0.2) is 0 Å². The third kappa shape index (κ3) is 5.05. The first kappa shape index (κ1) is 15.8. The van der Waals surface area contributed by atoms with E-state index in [9.17, 15) is 4.79 Å². The number of carbonyl (C=O) groups excluding carboxylic acids is 1. The maximum Gasteiger partial charge on any atom is 0.239 e. The van der Waals surface area contributed by atoms with Gasteiger partial charge in [0.05, 0.1) is 6.54 Å². The Hall–Kier alpha value is -1.55. The van der Waals surface area contributed by atoms with E-state index < -0.39 is 0 Å². The highest BCUT2D eigenvalue weighted by molar-refractivity contribution is 5.81. The molecule has 116 valence electrons. The summed E-state index contributed by atoms with van der Waals surface area (Å²) in [5.74, 6) is 0.0843. The quantitative estimate of drug-likeness (QED) is 0.771. The molecule has 21 heavy (non-hydrogen) atoms. The third-order valence-electron chi connectivity index (χ3n) is 3.76. The van der Waals surface area contributed by atoms with Gasteiger partial charge in [0.15, 0.2) is 0 Å². The van der Waals surface area contributed by atoms with Crippen LogP contribution in [0.5, 0.6) is 0 Å². The highest BCUT2D eigenvalue weighted by atomic mass is 16.2. The molecule has 0 heterocycles. The van der Waals surface area contributed by atoms with Crippen LogP contribution in [0, 0.1) is 6.92 Å². The van der Waals surface area contributed by atoms with E-state index in [0.717, 1.165) is 25.2 Å². The van der Waals surface area contributed by atoms with Gasteiger partial charge >= 0.3 is 0 Å². The molecule has 1 fully saturated rings. The second-order valence-electron chi connectivity index (χ2n) is 5.99. The molecule has 1 aromatic rings. The lowest BCUT2D eigenvalue weighted by Gasteiger charge is -2.23. The summed E-state index contributed by atoms with van der Waals surface area (Å²) < 4.78 is 0. The molecule has 1 aromatic carbocycles. The fraction of sp³-hybridized carbons (Fsp3) is 0.588. The molecular formula is C17H27N3O. The molecule has 0 radical (unpaired) electrons. The topological polar surface area (TPSA) is 44.4 Å². The van der Waals surface area contributed by atoms with Crippen LogP contribution in [-0.2, 0) is 11.3 Å². The predicted molar refractivity (Wildman–Crippen MR) is 87.6 cm³/mol. The number of nitrogens with one attached hydrogen (secondary N) is 2. The standard InChI is InChI=1S/C17H27N3O/c1-4-9-18-17(21)12-20(3)16-8-5-13(2)10-14(16)11-19-15-6-7-15/h5,8,10,15,19H,4,6-7,9,11-12H2,1-3H3,(H,18,21). The molecule has 4 nitrogen and oxygen atoms in total. The summed E-state index contributed by atoms with van der Waals surface area (Å²) in [4.78, 5) is 13.9. The van der Waals surface area contributed by atoms with Crippen LogP contribution in [0.4, 0.5) is 5.69 Å². The zero-order chi connectivity index (χ0) is 15.2. The van der Waals surface area contributed by atoms with E-state index in [4.69, 9.17) is 0 Å². The Bertz CT molecular complexity index is 483. The van der Waals surface area contributed by atoms with Gasteiger partial charge in [-0.05, 0) is 37.8 Å². The summed E-state index contributed by atoms with van der Waals surface area (Å²) in [6, 6.07) is 7.13. The molecule has 0 aliphatic heterocycles. The lowest BCUT2D eigenvalue weighted by molar-refractivity contribution is -0.119. The maximum atomic E-state index is 11.9. The number of hydrogen-bond donors (Lipinski definition) is 2. The van der Waals surface area contributed by atoms with Crippen molar-refractivity contribution >= 4 is 11.6 Å². The monoisotopic (exact) mass is 289 g/mol. The fourth-order valence-corrected chi connectivity index (χ4v) is 2.39. The highest BCUT2D eigenvalue weighted by Gasteiger charge is 2.21. The first-order valence-electron chi connectivity index (χ1n) is 7.91. The number of nitrogens with zero attached hydrogens (tertiary/aromatic N) is 1. The van der Waals surface area contributed by atoms with E-state index in [1.807, 2.05) is 11.9 Å². The molecule has 0 saturated heterocycles. The Labute approximate surface area is 127 Å². The highest BCUT2D eigenvalue weighted by Crippen LogP contribution is 2.24. The van der Waals surface area contributed by atoms with Gasteiger partial charge in [-0.2, -0.15) is 0 Å². The van der Waals surface area contributed by atoms with Gasteiger partial charge in [0, 0.05) is 31.9 Å². The molecule has 0 aromatic heterocycles. The number of benzene rings is 1. The van der Waals surface area contributed by atoms with Crippen molar-refractivity contribution in [3.05, 3.63) is 29.3 Å². The van der Waals surface area contributed by atoms with Crippen LogP contribution >= 0.6 is 0 Å². The normalized spacial score (nSPS) is 14.0. The van der Waals surface area contributed by atoms with Crippen LogP contribution in [0.15, 0.2) is 18.2 Å². The van der Waals surface area contributed by atoms with Gasteiger partial charge in [0.25, 0.3) is 0 Å². The van der Waals surface area contributed by atoms with Crippen molar-refractivity contribution in [3.63, 3.8) is 0 Å². The van der Waals surface area contributed by atoms with Gasteiger partial charge < -0.3 is 15.5 Å². The summed E-state index contributed by atoms with van der Waals surface area (Å²) in [6.07, 6.45) is 3.55. The van der Waals surface area contributed by atoms with Gasteiger partial charge in [0.1, 0.15) is 0 Å². The Morgan fingerprint density at radius 1 is 1.38 bits per heavy atom. The van der Waals surface area contributed by atoms with E-state index in [1.165, 1.54) is 24.0 Å². The van der Waals surface area contributed by atoms with E-state index in [0.29, 0.717) is 12.6 Å². The molecule has 2 N–H and O–H groups in total. The van der Waals surface area contributed by atoms with E-state index >= 15 is 0 Å². The average Bonchev–Trinajstić information content (AvgIpc) is 3.27. The SMILES string of the molecule is CCCNC(=O)CN(C)c1ccc(C)cc1CNC1CC1. The second kappa shape index (κ2) is 7.46. The third-order valence-corrected chi connectivity index (χ3v) is 3.76. The molecule has 1 aliphatic rings. The van der Waals surface area contributed by atoms with Crippen molar-refractivity contribution in [2.24, 2.45) is 0 Å². The van der Waals surface area contributed by atoms with Crippen LogP contribution < -0.4 is 15.5 Å². The molecule has 4 heteroatoms. The number of aryl methyl sites for hydroxylation is 1. The van der Waals surface area contributed by atoms with Gasteiger partial charge in [-0.1, -0.05) is 24.6 Å². The minimum Gasteiger partial charge on any atom is -0.365 e. The fourth-order valence-electron chi connectivity index (χ4n) is 2.39. The van der Waals surface area contributed by atoms with Crippen molar-refractivity contribution in [1.29, 1.82) is 0 Å². The average molecular weight is 289 g/mol. The smallest absolute Gasteiger partial charge is 0.239 e. The van der Waals surface area contributed by atoms with Crippen LogP contribution in [0.25, 0.3) is 0 Å². The van der Waals surface area contributed by atoms with Crippen molar-refractivity contribution in [3.8, 4) is 0 Å². The summed E-state index contributed by atoms with van der Waals surface area (Å²) in [5, 5.41) is 6.48. The van der Waals surface area contributed by atoms with Crippen molar-refractivity contribution in [1.82, 2.24) is 10.6 Å². The van der Waals surface area contributed by atoms with Crippen LogP contribution in [0.3, 0.4) is 0 Å². The van der Waals surface area contributed by atoms with Gasteiger partial charge in [-0.3, -0.25) is 4.79 Å². The van der Waals surface area contributed by atoms with Crippen LogP contribution in [0.2, 0.25) is 0 Å². The minimum absolute atomic E-state index is 0.0843. The Morgan fingerprint density at radius 3 is 2.81 bits per heavy atom. The number of amides is 1. The summed E-state index contributed by atoms with van der Waals surface area (Å²) in [5.41, 5.74) is 3.67.